The third-order valence-corrected chi connectivity index (χ3v) is 4.28. The first-order valence-corrected chi connectivity index (χ1v) is 8.79. The number of carbonyl (C=O) groups is 1. The maximum absolute atomic E-state index is 13.1. The molecule has 0 radical (unpaired) electrons. The molecule has 25 heavy (non-hydrogen) atoms. The van der Waals surface area contributed by atoms with Crippen LogP contribution in [-0.4, -0.2) is 53.2 Å². The van der Waals surface area contributed by atoms with E-state index in [1.54, 1.807) is 4.68 Å². The Bertz CT molecular complexity index is 691. The summed E-state index contributed by atoms with van der Waals surface area (Å²) in [6.45, 7) is 5.08. The van der Waals surface area contributed by atoms with Gasteiger partial charge in [0, 0.05) is 20.6 Å². The van der Waals surface area contributed by atoms with Crippen molar-refractivity contribution >= 4 is 5.91 Å². The second-order valence-electron chi connectivity index (χ2n) is 7.35. The molecule has 0 unspecified atom stereocenters. The quantitative estimate of drug-likeness (QED) is 0.777. The SMILES string of the molecule is CC(C)Cc1cc(C(=O)N(C)[C@@H](CN(C)C)c2ccccc2)n(C)n1. The summed E-state index contributed by atoms with van der Waals surface area (Å²) in [5.41, 5.74) is 2.74. The predicted octanol–water partition coefficient (Wildman–Crippen LogP) is 2.99. The average Bonchev–Trinajstić information content (AvgIpc) is 2.91. The number of aromatic nitrogens is 2. The summed E-state index contributed by atoms with van der Waals surface area (Å²) in [6, 6.07) is 12.1. The van der Waals surface area contributed by atoms with Crippen molar-refractivity contribution < 1.29 is 4.79 Å². The summed E-state index contributed by atoms with van der Waals surface area (Å²) >= 11 is 0. The van der Waals surface area contributed by atoms with Gasteiger partial charge in [-0.2, -0.15) is 5.10 Å². The highest BCUT2D eigenvalue weighted by atomic mass is 16.2. The van der Waals surface area contributed by atoms with Crippen molar-refractivity contribution in [3.8, 4) is 0 Å². The van der Waals surface area contributed by atoms with E-state index in [9.17, 15) is 4.79 Å². The fraction of sp³-hybridized carbons (Fsp3) is 0.500. The van der Waals surface area contributed by atoms with E-state index >= 15 is 0 Å². The molecule has 0 spiro atoms. The summed E-state index contributed by atoms with van der Waals surface area (Å²) in [5, 5.41) is 4.51. The van der Waals surface area contributed by atoms with E-state index in [0.29, 0.717) is 11.6 Å². The highest BCUT2D eigenvalue weighted by molar-refractivity contribution is 5.92. The Balaban J connectivity index is 2.28. The van der Waals surface area contributed by atoms with Crippen molar-refractivity contribution in [1.29, 1.82) is 0 Å². The lowest BCUT2D eigenvalue weighted by Gasteiger charge is -2.31. The van der Waals surface area contributed by atoms with E-state index in [0.717, 1.165) is 24.2 Å². The van der Waals surface area contributed by atoms with Gasteiger partial charge in [0.1, 0.15) is 5.69 Å². The maximum Gasteiger partial charge on any atom is 0.272 e. The van der Waals surface area contributed by atoms with Gasteiger partial charge in [-0.1, -0.05) is 44.2 Å². The predicted molar refractivity (Wildman–Crippen MR) is 102 cm³/mol. The summed E-state index contributed by atoms with van der Waals surface area (Å²) in [6.07, 6.45) is 0.880. The Kier molecular flexibility index (Phi) is 6.37. The molecule has 1 atom stereocenters. The fourth-order valence-electron chi connectivity index (χ4n) is 3.04. The number of carbonyl (C=O) groups excluding carboxylic acids is 1. The van der Waals surface area contributed by atoms with Crippen LogP contribution < -0.4 is 0 Å². The minimum absolute atomic E-state index is 0.000657. The molecule has 5 nitrogen and oxygen atoms in total. The van der Waals surface area contributed by atoms with Gasteiger partial charge in [0.25, 0.3) is 5.91 Å². The topological polar surface area (TPSA) is 41.4 Å². The van der Waals surface area contributed by atoms with Crippen LogP contribution in [0.2, 0.25) is 0 Å². The molecule has 0 fully saturated rings. The number of benzene rings is 1. The van der Waals surface area contributed by atoms with Crippen LogP contribution >= 0.6 is 0 Å². The second-order valence-corrected chi connectivity index (χ2v) is 7.35. The Labute approximate surface area is 151 Å². The van der Waals surface area contributed by atoms with E-state index in [1.807, 2.05) is 57.4 Å². The highest BCUT2D eigenvalue weighted by Gasteiger charge is 2.25. The molecule has 2 rings (SSSR count). The van der Waals surface area contributed by atoms with Crippen molar-refractivity contribution in [2.24, 2.45) is 13.0 Å². The van der Waals surface area contributed by atoms with Crippen LogP contribution in [0.25, 0.3) is 0 Å². The van der Waals surface area contributed by atoms with Crippen LogP contribution in [0, 0.1) is 5.92 Å². The van der Waals surface area contributed by atoms with E-state index in [-0.39, 0.29) is 11.9 Å². The number of amides is 1. The number of aryl methyl sites for hydroxylation is 1. The Hall–Kier alpha value is -2.14. The fourth-order valence-corrected chi connectivity index (χ4v) is 3.04. The number of rotatable bonds is 7. The Morgan fingerprint density at radius 1 is 1.16 bits per heavy atom. The standard InChI is InChI=1S/C20H30N4O/c1-15(2)12-17-13-18(24(6)21-17)20(25)23(5)19(14-22(3)4)16-10-8-7-9-11-16/h7-11,13,15,19H,12,14H2,1-6H3/t19-/m0/s1. The summed E-state index contributed by atoms with van der Waals surface area (Å²) < 4.78 is 1.70. The largest absolute Gasteiger partial charge is 0.332 e. The zero-order chi connectivity index (χ0) is 18.6. The number of hydrogen-bond donors (Lipinski definition) is 0. The van der Waals surface area contributed by atoms with E-state index in [1.165, 1.54) is 0 Å². The summed E-state index contributed by atoms with van der Waals surface area (Å²) in [4.78, 5) is 17.0. The zero-order valence-corrected chi connectivity index (χ0v) is 16.2. The van der Waals surface area contributed by atoms with Crippen LogP contribution in [0.4, 0.5) is 0 Å². The lowest BCUT2D eigenvalue weighted by Crippen LogP contribution is -2.37. The molecule has 0 aliphatic rings. The molecule has 136 valence electrons. The van der Waals surface area contributed by atoms with E-state index in [4.69, 9.17) is 0 Å². The highest BCUT2D eigenvalue weighted by Crippen LogP contribution is 2.22. The smallest absolute Gasteiger partial charge is 0.272 e. The van der Waals surface area contributed by atoms with Crippen LogP contribution in [0.5, 0.6) is 0 Å². The van der Waals surface area contributed by atoms with Gasteiger partial charge >= 0.3 is 0 Å². The van der Waals surface area contributed by atoms with Gasteiger partial charge in [0.05, 0.1) is 11.7 Å². The van der Waals surface area contributed by atoms with Gasteiger partial charge < -0.3 is 9.80 Å². The van der Waals surface area contributed by atoms with Gasteiger partial charge in [0.2, 0.25) is 0 Å². The number of hydrogen-bond acceptors (Lipinski definition) is 3. The van der Waals surface area contributed by atoms with E-state index in [2.05, 4.69) is 36.0 Å². The van der Waals surface area contributed by atoms with Crippen LogP contribution in [0.15, 0.2) is 36.4 Å². The van der Waals surface area contributed by atoms with E-state index < -0.39 is 0 Å². The second kappa shape index (κ2) is 8.30. The molecule has 1 heterocycles. The van der Waals surface area contributed by atoms with Crippen molar-refractivity contribution in [3.05, 3.63) is 53.3 Å². The van der Waals surface area contributed by atoms with Crippen molar-refractivity contribution in [1.82, 2.24) is 19.6 Å². The molecule has 5 heteroatoms. The average molecular weight is 342 g/mol. The molecular formula is C20H30N4O. The summed E-state index contributed by atoms with van der Waals surface area (Å²) in [7, 11) is 7.77. The van der Waals surface area contributed by atoms with Crippen molar-refractivity contribution in [2.75, 3.05) is 27.7 Å². The van der Waals surface area contributed by atoms with Gasteiger partial charge in [-0.25, -0.2) is 0 Å². The molecule has 0 aliphatic heterocycles. The minimum Gasteiger partial charge on any atom is -0.332 e. The van der Waals surface area contributed by atoms with Crippen LogP contribution in [0.3, 0.4) is 0 Å². The first-order valence-electron chi connectivity index (χ1n) is 8.79. The number of likely N-dealkylation sites (N-methyl/N-ethyl adjacent to an activating group) is 2. The minimum atomic E-state index is -0.00727. The summed E-state index contributed by atoms with van der Waals surface area (Å²) in [5.74, 6) is 0.516. The van der Waals surface area contributed by atoms with Gasteiger partial charge in [0.15, 0.2) is 0 Å². The van der Waals surface area contributed by atoms with Crippen molar-refractivity contribution in [2.45, 2.75) is 26.3 Å². The monoisotopic (exact) mass is 342 g/mol. The molecular weight excluding hydrogens is 312 g/mol. The molecule has 0 N–H and O–H groups in total. The third-order valence-electron chi connectivity index (χ3n) is 4.28. The van der Waals surface area contributed by atoms with Crippen LogP contribution in [0.1, 0.15) is 41.6 Å². The molecule has 0 saturated heterocycles. The van der Waals surface area contributed by atoms with Gasteiger partial charge in [-0.3, -0.25) is 9.48 Å². The lowest BCUT2D eigenvalue weighted by molar-refractivity contribution is 0.0694. The molecule has 0 saturated carbocycles. The first kappa shape index (κ1) is 19.2. The molecule has 1 amide bonds. The maximum atomic E-state index is 13.1. The number of nitrogens with zero attached hydrogens (tertiary/aromatic N) is 4. The molecule has 0 aliphatic carbocycles. The lowest BCUT2D eigenvalue weighted by atomic mass is 10.0. The first-order chi connectivity index (χ1) is 11.8. The zero-order valence-electron chi connectivity index (χ0n) is 16.2. The van der Waals surface area contributed by atoms with Gasteiger partial charge in [-0.05, 0) is 38.1 Å². The van der Waals surface area contributed by atoms with Crippen molar-refractivity contribution in [3.63, 3.8) is 0 Å². The normalized spacial score (nSPS) is 12.6. The molecule has 2 aromatic rings. The van der Waals surface area contributed by atoms with Crippen LogP contribution in [-0.2, 0) is 13.5 Å². The molecule has 1 aromatic carbocycles. The molecule has 1 aromatic heterocycles. The Morgan fingerprint density at radius 2 is 1.80 bits per heavy atom. The Morgan fingerprint density at radius 3 is 2.36 bits per heavy atom. The third kappa shape index (κ3) is 4.92. The van der Waals surface area contributed by atoms with Gasteiger partial charge in [-0.15, -0.1) is 0 Å². The molecule has 0 bridgehead atoms.